The zero-order chi connectivity index (χ0) is 18.9. The lowest BCUT2D eigenvalue weighted by molar-refractivity contribution is -0.150. The quantitative estimate of drug-likeness (QED) is 0.137. The summed E-state index contributed by atoms with van der Waals surface area (Å²) in [5, 5.41) is 1.09. The van der Waals surface area contributed by atoms with Crippen LogP contribution in [-0.2, 0) is 9.53 Å². The van der Waals surface area contributed by atoms with Gasteiger partial charge in [-0.2, -0.15) is 0 Å². The Labute approximate surface area is 166 Å². The van der Waals surface area contributed by atoms with Crippen LogP contribution >= 0.6 is 15.9 Å². The lowest BCUT2D eigenvalue weighted by Gasteiger charge is -2.22. The van der Waals surface area contributed by atoms with Crippen LogP contribution in [0, 0.1) is 11.8 Å². The fourth-order valence-electron chi connectivity index (χ4n) is 3.36. The van der Waals surface area contributed by atoms with Gasteiger partial charge in [-0.3, -0.25) is 4.79 Å². The molecule has 0 N–H and O–H groups in total. The molecular weight excluding hydrogens is 376 g/mol. The summed E-state index contributed by atoms with van der Waals surface area (Å²) >= 11 is 3.46. The SMILES string of the molecule is CCCCC(CC)CCC(CC(C)C)OC(=O)CCCCCCCBr. The molecule has 2 nitrogen and oxygen atoms in total. The molecule has 150 valence electrons. The van der Waals surface area contributed by atoms with Gasteiger partial charge in [0.25, 0.3) is 0 Å². The molecule has 25 heavy (non-hydrogen) atoms. The number of carbonyl (C=O) groups is 1. The highest BCUT2D eigenvalue weighted by atomic mass is 79.9. The molecule has 0 aromatic carbocycles. The number of alkyl halides is 1. The minimum atomic E-state index is 0.0211. The Morgan fingerprint density at radius 2 is 1.60 bits per heavy atom. The Bertz CT molecular complexity index is 304. The number of rotatable bonds is 17. The van der Waals surface area contributed by atoms with Gasteiger partial charge < -0.3 is 4.74 Å². The van der Waals surface area contributed by atoms with E-state index in [1.807, 2.05) is 0 Å². The van der Waals surface area contributed by atoms with Gasteiger partial charge in [-0.15, -0.1) is 0 Å². The van der Waals surface area contributed by atoms with Crippen LogP contribution in [0.25, 0.3) is 0 Å². The number of hydrogen-bond acceptors (Lipinski definition) is 2. The Morgan fingerprint density at radius 1 is 0.920 bits per heavy atom. The Morgan fingerprint density at radius 3 is 2.20 bits per heavy atom. The second-order valence-electron chi connectivity index (χ2n) is 7.94. The third-order valence-corrected chi connectivity index (χ3v) is 5.55. The van der Waals surface area contributed by atoms with E-state index in [0.29, 0.717) is 12.3 Å². The van der Waals surface area contributed by atoms with E-state index in [9.17, 15) is 4.79 Å². The Hall–Kier alpha value is -0.0500. The molecule has 0 heterocycles. The van der Waals surface area contributed by atoms with Gasteiger partial charge in [0.2, 0.25) is 0 Å². The van der Waals surface area contributed by atoms with Crippen LogP contribution in [0.15, 0.2) is 0 Å². The van der Waals surface area contributed by atoms with E-state index in [1.165, 1.54) is 51.4 Å². The molecule has 0 fully saturated rings. The first-order chi connectivity index (χ1) is 12.0. The van der Waals surface area contributed by atoms with Crippen LogP contribution in [0.3, 0.4) is 0 Å². The molecule has 0 radical (unpaired) electrons. The predicted octanol–water partition coefficient (Wildman–Crippen LogP) is 7.68. The van der Waals surface area contributed by atoms with Gasteiger partial charge in [-0.1, -0.05) is 88.6 Å². The van der Waals surface area contributed by atoms with E-state index in [4.69, 9.17) is 4.74 Å². The van der Waals surface area contributed by atoms with Crippen molar-refractivity contribution in [3.8, 4) is 0 Å². The normalized spacial score (nSPS) is 13.8. The van der Waals surface area contributed by atoms with Crippen LogP contribution in [-0.4, -0.2) is 17.4 Å². The molecule has 2 atom stereocenters. The third kappa shape index (κ3) is 15.9. The summed E-state index contributed by atoms with van der Waals surface area (Å²) in [6.07, 6.45) is 15.0. The largest absolute Gasteiger partial charge is 0.462 e. The van der Waals surface area contributed by atoms with Crippen LogP contribution in [0.4, 0.5) is 0 Å². The first kappa shape index (κ1) is 24.9. The van der Waals surface area contributed by atoms with Crippen LogP contribution in [0.2, 0.25) is 0 Å². The van der Waals surface area contributed by atoms with E-state index >= 15 is 0 Å². The second kappa shape index (κ2) is 17.4. The van der Waals surface area contributed by atoms with E-state index in [1.54, 1.807) is 0 Å². The molecule has 0 spiro atoms. The van der Waals surface area contributed by atoms with Crippen molar-refractivity contribution in [3.63, 3.8) is 0 Å². The van der Waals surface area contributed by atoms with Crippen molar-refractivity contribution in [3.05, 3.63) is 0 Å². The molecule has 0 saturated heterocycles. The van der Waals surface area contributed by atoms with Crippen molar-refractivity contribution in [2.75, 3.05) is 5.33 Å². The summed E-state index contributed by atoms with van der Waals surface area (Å²) in [5.74, 6) is 1.40. The fraction of sp³-hybridized carbons (Fsp3) is 0.955. The van der Waals surface area contributed by atoms with E-state index in [-0.39, 0.29) is 12.1 Å². The number of esters is 1. The van der Waals surface area contributed by atoms with Gasteiger partial charge in [0, 0.05) is 11.8 Å². The minimum Gasteiger partial charge on any atom is -0.462 e. The zero-order valence-corrected chi connectivity index (χ0v) is 18.9. The van der Waals surface area contributed by atoms with Gasteiger partial charge in [0.05, 0.1) is 0 Å². The Kier molecular flexibility index (Phi) is 17.3. The maximum atomic E-state index is 12.2. The maximum Gasteiger partial charge on any atom is 0.306 e. The molecule has 3 heteroatoms. The lowest BCUT2D eigenvalue weighted by atomic mass is 9.91. The van der Waals surface area contributed by atoms with Crippen LogP contribution in [0.1, 0.15) is 111 Å². The average Bonchev–Trinajstić information content (AvgIpc) is 2.57. The molecule has 0 bridgehead atoms. The van der Waals surface area contributed by atoms with Crippen molar-refractivity contribution in [1.82, 2.24) is 0 Å². The fourth-order valence-corrected chi connectivity index (χ4v) is 3.75. The van der Waals surface area contributed by atoms with Crippen molar-refractivity contribution in [1.29, 1.82) is 0 Å². The zero-order valence-electron chi connectivity index (χ0n) is 17.3. The first-order valence-corrected chi connectivity index (χ1v) is 11.9. The van der Waals surface area contributed by atoms with E-state index in [2.05, 4.69) is 43.6 Å². The van der Waals surface area contributed by atoms with E-state index in [0.717, 1.165) is 36.9 Å². The number of carbonyl (C=O) groups excluding carboxylic acids is 1. The molecule has 0 aliphatic rings. The maximum absolute atomic E-state index is 12.2. The third-order valence-electron chi connectivity index (χ3n) is 4.99. The molecule has 0 saturated carbocycles. The summed E-state index contributed by atoms with van der Waals surface area (Å²) in [5.41, 5.74) is 0. The first-order valence-electron chi connectivity index (χ1n) is 10.8. The highest BCUT2D eigenvalue weighted by molar-refractivity contribution is 9.09. The lowest BCUT2D eigenvalue weighted by Crippen LogP contribution is -2.21. The second-order valence-corrected chi connectivity index (χ2v) is 8.74. The van der Waals surface area contributed by atoms with Crippen molar-refractivity contribution in [2.24, 2.45) is 11.8 Å². The van der Waals surface area contributed by atoms with Crippen molar-refractivity contribution < 1.29 is 9.53 Å². The summed E-state index contributed by atoms with van der Waals surface area (Å²) in [7, 11) is 0. The van der Waals surface area contributed by atoms with Crippen molar-refractivity contribution in [2.45, 2.75) is 117 Å². The highest BCUT2D eigenvalue weighted by Gasteiger charge is 2.18. The number of hydrogen-bond donors (Lipinski definition) is 0. The number of halogens is 1. The molecular formula is C22H43BrO2. The topological polar surface area (TPSA) is 26.3 Å². The van der Waals surface area contributed by atoms with Gasteiger partial charge in [0.15, 0.2) is 0 Å². The van der Waals surface area contributed by atoms with Gasteiger partial charge in [-0.25, -0.2) is 0 Å². The monoisotopic (exact) mass is 418 g/mol. The smallest absolute Gasteiger partial charge is 0.306 e. The summed E-state index contributed by atoms with van der Waals surface area (Å²) < 4.78 is 5.84. The van der Waals surface area contributed by atoms with Gasteiger partial charge >= 0.3 is 5.97 Å². The van der Waals surface area contributed by atoms with Crippen LogP contribution < -0.4 is 0 Å². The number of unbranched alkanes of at least 4 members (excludes halogenated alkanes) is 5. The van der Waals surface area contributed by atoms with Gasteiger partial charge in [0.1, 0.15) is 6.10 Å². The average molecular weight is 419 g/mol. The molecule has 0 aliphatic carbocycles. The molecule has 2 unspecified atom stereocenters. The highest BCUT2D eigenvalue weighted by Crippen LogP contribution is 2.23. The summed E-state index contributed by atoms with van der Waals surface area (Å²) in [4.78, 5) is 12.2. The van der Waals surface area contributed by atoms with Crippen LogP contribution in [0.5, 0.6) is 0 Å². The van der Waals surface area contributed by atoms with E-state index < -0.39 is 0 Å². The van der Waals surface area contributed by atoms with Gasteiger partial charge in [-0.05, 0) is 43.9 Å². The van der Waals surface area contributed by atoms with Crippen molar-refractivity contribution >= 4 is 21.9 Å². The minimum absolute atomic E-state index is 0.0211. The summed E-state index contributed by atoms with van der Waals surface area (Å²) in [6, 6.07) is 0. The summed E-state index contributed by atoms with van der Waals surface area (Å²) in [6.45, 7) is 8.99. The molecule has 0 amide bonds. The molecule has 0 aromatic heterocycles. The number of ether oxygens (including phenoxy) is 1. The molecule has 0 aliphatic heterocycles. The predicted molar refractivity (Wildman–Crippen MR) is 113 cm³/mol. The standard InChI is InChI=1S/C22H43BrO2/c1-5-7-13-20(6-2)15-16-21(18-19(3)4)25-22(24)14-11-9-8-10-12-17-23/h19-21H,5-18H2,1-4H3. The Balaban J connectivity index is 4.12. The molecule has 0 rings (SSSR count). The molecule has 0 aromatic rings.